The van der Waals surface area contributed by atoms with Crippen molar-refractivity contribution in [1.82, 2.24) is 10.3 Å². The van der Waals surface area contributed by atoms with Crippen LogP contribution in [0, 0.1) is 0 Å². The second kappa shape index (κ2) is 6.07. The molecule has 0 atom stereocenters. The Balaban J connectivity index is 1.79. The summed E-state index contributed by atoms with van der Waals surface area (Å²) in [5.74, 6) is 0.136. The van der Waals surface area contributed by atoms with E-state index in [2.05, 4.69) is 15.2 Å². The topological polar surface area (TPSA) is 48.5 Å². The fourth-order valence-corrected chi connectivity index (χ4v) is 3.96. The average Bonchev–Trinajstić information content (AvgIpc) is 2.90. The standard InChI is InChI=1S/C18H19ClN4O/c19-15-5-1-2-6-16(15)23-13-22(14-4-3-9-21-12-14)17(24)18(23)7-10-20-11-8-18/h1-6,9,12,20H,7-8,10-11,13H2. The average molecular weight is 343 g/mol. The van der Waals surface area contributed by atoms with Crippen LogP contribution in [-0.2, 0) is 4.79 Å². The van der Waals surface area contributed by atoms with Crippen molar-refractivity contribution >= 4 is 28.9 Å². The predicted molar refractivity (Wildman–Crippen MR) is 95.4 cm³/mol. The number of benzene rings is 1. The first kappa shape index (κ1) is 15.4. The van der Waals surface area contributed by atoms with Crippen LogP contribution in [0.25, 0.3) is 0 Å². The Kier molecular flexibility index (Phi) is 3.90. The number of para-hydroxylation sites is 1. The van der Waals surface area contributed by atoms with Crippen molar-refractivity contribution in [3.05, 3.63) is 53.8 Å². The number of nitrogens with one attached hydrogen (secondary N) is 1. The molecule has 2 saturated heterocycles. The van der Waals surface area contributed by atoms with Gasteiger partial charge in [0.25, 0.3) is 5.91 Å². The van der Waals surface area contributed by atoms with Gasteiger partial charge in [-0.3, -0.25) is 14.7 Å². The van der Waals surface area contributed by atoms with Gasteiger partial charge >= 0.3 is 0 Å². The molecular formula is C18H19ClN4O. The Morgan fingerprint density at radius 1 is 1.12 bits per heavy atom. The fourth-order valence-electron chi connectivity index (χ4n) is 3.72. The van der Waals surface area contributed by atoms with E-state index in [-0.39, 0.29) is 5.91 Å². The second-order valence-electron chi connectivity index (χ2n) is 6.25. The highest BCUT2D eigenvalue weighted by Crippen LogP contribution is 2.42. The molecular weight excluding hydrogens is 324 g/mol. The summed E-state index contributed by atoms with van der Waals surface area (Å²) in [5, 5.41) is 4.03. The lowest BCUT2D eigenvalue weighted by Crippen LogP contribution is -2.55. The lowest BCUT2D eigenvalue weighted by Gasteiger charge is -2.40. The smallest absolute Gasteiger partial charge is 0.254 e. The number of hydrogen-bond donors (Lipinski definition) is 1. The van der Waals surface area contributed by atoms with E-state index < -0.39 is 5.54 Å². The molecule has 1 aromatic carbocycles. The summed E-state index contributed by atoms with van der Waals surface area (Å²) in [7, 11) is 0. The van der Waals surface area contributed by atoms with Gasteiger partial charge in [0.05, 0.1) is 29.3 Å². The van der Waals surface area contributed by atoms with E-state index in [0.717, 1.165) is 37.3 Å². The number of hydrogen-bond acceptors (Lipinski definition) is 4. The van der Waals surface area contributed by atoms with Gasteiger partial charge in [-0.2, -0.15) is 0 Å². The number of anilines is 2. The maximum Gasteiger partial charge on any atom is 0.254 e. The first-order valence-corrected chi connectivity index (χ1v) is 8.55. The van der Waals surface area contributed by atoms with Crippen molar-refractivity contribution in [3.8, 4) is 0 Å². The number of carbonyl (C=O) groups is 1. The summed E-state index contributed by atoms with van der Waals surface area (Å²) in [6.45, 7) is 2.15. The van der Waals surface area contributed by atoms with Crippen LogP contribution in [-0.4, -0.2) is 36.2 Å². The summed E-state index contributed by atoms with van der Waals surface area (Å²) in [6, 6.07) is 11.5. The van der Waals surface area contributed by atoms with Crippen molar-refractivity contribution in [2.24, 2.45) is 0 Å². The van der Waals surface area contributed by atoms with E-state index >= 15 is 0 Å². The zero-order chi connectivity index (χ0) is 16.6. The van der Waals surface area contributed by atoms with E-state index in [0.29, 0.717) is 11.7 Å². The number of aromatic nitrogens is 1. The van der Waals surface area contributed by atoms with E-state index in [1.165, 1.54) is 0 Å². The molecule has 1 N–H and O–H groups in total. The lowest BCUT2D eigenvalue weighted by atomic mass is 9.86. The van der Waals surface area contributed by atoms with Gasteiger partial charge in [0, 0.05) is 6.20 Å². The number of carbonyl (C=O) groups excluding carboxylic acids is 1. The third-order valence-electron chi connectivity index (χ3n) is 4.97. The molecule has 0 bridgehead atoms. The first-order chi connectivity index (χ1) is 11.7. The van der Waals surface area contributed by atoms with Crippen LogP contribution in [0.15, 0.2) is 48.8 Å². The van der Waals surface area contributed by atoms with E-state index in [1.807, 2.05) is 41.3 Å². The summed E-state index contributed by atoms with van der Waals surface area (Å²) in [6.07, 6.45) is 5.00. The minimum atomic E-state index is -0.536. The van der Waals surface area contributed by atoms with Gasteiger partial charge in [-0.15, -0.1) is 0 Å². The van der Waals surface area contributed by atoms with Crippen molar-refractivity contribution in [2.75, 3.05) is 29.6 Å². The van der Waals surface area contributed by atoms with Crippen LogP contribution in [0.5, 0.6) is 0 Å². The van der Waals surface area contributed by atoms with Crippen LogP contribution in [0.3, 0.4) is 0 Å². The van der Waals surface area contributed by atoms with Gasteiger partial charge in [0.1, 0.15) is 5.54 Å². The molecule has 1 amide bonds. The molecule has 1 aromatic heterocycles. The normalized spacial score (nSPS) is 20.0. The number of pyridine rings is 1. The van der Waals surface area contributed by atoms with Crippen molar-refractivity contribution < 1.29 is 4.79 Å². The van der Waals surface area contributed by atoms with Gasteiger partial charge in [-0.05, 0) is 50.2 Å². The molecule has 5 nitrogen and oxygen atoms in total. The Morgan fingerprint density at radius 3 is 2.62 bits per heavy atom. The zero-order valence-corrected chi connectivity index (χ0v) is 14.0. The van der Waals surface area contributed by atoms with Crippen LogP contribution in [0.2, 0.25) is 5.02 Å². The van der Waals surface area contributed by atoms with Gasteiger partial charge in [-0.1, -0.05) is 23.7 Å². The highest BCUT2D eigenvalue weighted by molar-refractivity contribution is 6.33. The number of nitrogens with zero attached hydrogens (tertiary/aromatic N) is 3. The second-order valence-corrected chi connectivity index (χ2v) is 6.65. The summed E-state index contributed by atoms with van der Waals surface area (Å²) >= 11 is 6.45. The molecule has 0 saturated carbocycles. The Labute approximate surface area is 146 Å². The number of halogens is 1. The Hall–Kier alpha value is -2.11. The molecule has 3 heterocycles. The third kappa shape index (κ3) is 2.36. The molecule has 124 valence electrons. The molecule has 2 aliphatic heterocycles. The molecule has 2 fully saturated rings. The van der Waals surface area contributed by atoms with Gasteiger partial charge in [0.2, 0.25) is 0 Å². The maximum absolute atomic E-state index is 13.4. The summed E-state index contributed by atoms with van der Waals surface area (Å²) in [5.41, 5.74) is 1.21. The zero-order valence-electron chi connectivity index (χ0n) is 13.3. The number of piperidine rings is 1. The van der Waals surface area contributed by atoms with Crippen molar-refractivity contribution in [3.63, 3.8) is 0 Å². The molecule has 0 unspecified atom stereocenters. The van der Waals surface area contributed by atoms with Crippen molar-refractivity contribution in [2.45, 2.75) is 18.4 Å². The number of amides is 1. The fraction of sp³-hybridized carbons (Fsp3) is 0.333. The highest BCUT2D eigenvalue weighted by Gasteiger charge is 2.53. The quantitative estimate of drug-likeness (QED) is 0.911. The Morgan fingerprint density at radius 2 is 1.92 bits per heavy atom. The van der Waals surface area contributed by atoms with Crippen molar-refractivity contribution in [1.29, 1.82) is 0 Å². The van der Waals surface area contributed by atoms with Crippen LogP contribution in [0.4, 0.5) is 11.4 Å². The highest BCUT2D eigenvalue weighted by atomic mass is 35.5. The lowest BCUT2D eigenvalue weighted by molar-refractivity contribution is -0.122. The molecule has 2 aromatic rings. The molecule has 24 heavy (non-hydrogen) atoms. The largest absolute Gasteiger partial charge is 0.337 e. The minimum absolute atomic E-state index is 0.136. The van der Waals surface area contributed by atoms with Crippen LogP contribution in [0.1, 0.15) is 12.8 Å². The third-order valence-corrected chi connectivity index (χ3v) is 5.29. The van der Waals surface area contributed by atoms with Gasteiger partial charge in [-0.25, -0.2) is 0 Å². The predicted octanol–water partition coefficient (Wildman–Crippen LogP) is 2.67. The maximum atomic E-state index is 13.4. The SMILES string of the molecule is O=C1N(c2cccnc2)CN(c2ccccc2Cl)C12CCNCC2. The van der Waals surface area contributed by atoms with Crippen LogP contribution >= 0.6 is 11.6 Å². The van der Waals surface area contributed by atoms with Gasteiger partial charge in [0.15, 0.2) is 0 Å². The first-order valence-electron chi connectivity index (χ1n) is 8.17. The van der Waals surface area contributed by atoms with E-state index in [9.17, 15) is 4.79 Å². The van der Waals surface area contributed by atoms with E-state index in [4.69, 9.17) is 11.6 Å². The molecule has 0 radical (unpaired) electrons. The summed E-state index contributed by atoms with van der Waals surface area (Å²) < 4.78 is 0. The van der Waals surface area contributed by atoms with Gasteiger partial charge < -0.3 is 10.2 Å². The molecule has 6 heteroatoms. The summed E-state index contributed by atoms with van der Waals surface area (Å²) in [4.78, 5) is 21.5. The molecule has 1 spiro atoms. The molecule has 2 aliphatic rings. The Bertz CT molecular complexity index is 746. The molecule has 4 rings (SSSR count). The van der Waals surface area contributed by atoms with Crippen LogP contribution < -0.4 is 15.1 Å². The minimum Gasteiger partial charge on any atom is -0.337 e. The monoisotopic (exact) mass is 342 g/mol. The number of rotatable bonds is 2. The van der Waals surface area contributed by atoms with E-state index in [1.54, 1.807) is 12.4 Å². The molecule has 0 aliphatic carbocycles.